The van der Waals surface area contributed by atoms with Crippen molar-refractivity contribution in [3.05, 3.63) is 48.2 Å². The minimum atomic E-state index is 0.306. The van der Waals surface area contributed by atoms with Crippen LogP contribution in [-0.2, 0) is 0 Å². The van der Waals surface area contributed by atoms with Crippen LogP contribution in [0.5, 0.6) is 5.75 Å². The molecule has 3 N–H and O–H groups in total. The van der Waals surface area contributed by atoms with Crippen LogP contribution in [0.2, 0.25) is 0 Å². The Kier molecular flexibility index (Phi) is 3.74. The highest BCUT2D eigenvalue weighted by Gasteiger charge is 2.08. The fourth-order valence-electron chi connectivity index (χ4n) is 1.58. The van der Waals surface area contributed by atoms with E-state index in [1.807, 2.05) is 30.3 Å². The van der Waals surface area contributed by atoms with Gasteiger partial charge >= 0.3 is 0 Å². The molecule has 2 rings (SSSR count). The number of para-hydroxylation sites is 2. The maximum absolute atomic E-state index is 5.66. The summed E-state index contributed by atoms with van der Waals surface area (Å²) < 4.78 is 5.26. The highest BCUT2D eigenvalue weighted by molar-refractivity contribution is 7.80. The number of rotatable bonds is 4. The van der Waals surface area contributed by atoms with Crippen molar-refractivity contribution < 1.29 is 4.74 Å². The summed E-state index contributed by atoms with van der Waals surface area (Å²) in [5, 5.41) is 3.17. The summed E-state index contributed by atoms with van der Waals surface area (Å²) in [7, 11) is 1.62. The first kappa shape index (κ1) is 12.3. The quantitative estimate of drug-likeness (QED) is 0.826. The number of benzene rings is 1. The molecule has 92 valence electrons. The van der Waals surface area contributed by atoms with Gasteiger partial charge in [0, 0.05) is 6.20 Å². The molecule has 0 unspecified atom stereocenters. The molecule has 5 heteroatoms. The van der Waals surface area contributed by atoms with Crippen molar-refractivity contribution in [2.45, 2.75) is 0 Å². The molecule has 0 saturated carbocycles. The number of nitrogens with two attached hydrogens (primary N) is 1. The third-order valence-corrected chi connectivity index (χ3v) is 2.65. The Labute approximate surface area is 111 Å². The van der Waals surface area contributed by atoms with Crippen molar-refractivity contribution in [3.8, 4) is 5.75 Å². The first-order valence-electron chi connectivity index (χ1n) is 5.37. The predicted octanol–water partition coefficient (Wildman–Crippen LogP) is 2.47. The van der Waals surface area contributed by atoms with Crippen molar-refractivity contribution in [2.75, 3.05) is 12.4 Å². The lowest BCUT2D eigenvalue weighted by Gasteiger charge is -2.12. The summed E-state index contributed by atoms with van der Waals surface area (Å²) in [5.41, 5.74) is 7.18. The Bertz CT molecular complexity index is 572. The molecule has 0 fully saturated rings. The number of thiocarbonyl (C=S) groups is 1. The number of nitrogens with zero attached hydrogens (tertiary/aromatic N) is 1. The third kappa shape index (κ3) is 2.57. The number of methoxy groups -OCH3 is 1. The maximum Gasteiger partial charge on any atom is 0.142 e. The van der Waals surface area contributed by atoms with Crippen LogP contribution in [0.3, 0.4) is 0 Å². The van der Waals surface area contributed by atoms with Crippen LogP contribution in [0.15, 0.2) is 42.6 Å². The fraction of sp³-hybridized carbons (Fsp3) is 0.0769. The number of aromatic nitrogens is 1. The van der Waals surface area contributed by atoms with E-state index in [0.29, 0.717) is 16.4 Å². The SMILES string of the molecule is COc1ccccc1Nc1ncccc1C(N)=S. The van der Waals surface area contributed by atoms with Gasteiger partial charge in [0.25, 0.3) is 0 Å². The van der Waals surface area contributed by atoms with Gasteiger partial charge in [-0.05, 0) is 24.3 Å². The summed E-state index contributed by atoms with van der Waals surface area (Å²) in [6, 6.07) is 11.2. The van der Waals surface area contributed by atoms with Gasteiger partial charge in [-0.1, -0.05) is 24.4 Å². The molecular formula is C13H13N3OS. The average molecular weight is 259 g/mol. The maximum atomic E-state index is 5.66. The van der Waals surface area contributed by atoms with E-state index >= 15 is 0 Å². The average Bonchev–Trinajstić information content (AvgIpc) is 2.40. The van der Waals surface area contributed by atoms with Crippen LogP contribution in [0.25, 0.3) is 0 Å². The van der Waals surface area contributed by atoms with E-state index < -0.39 is 0 Å². The lowest BCUT2D eigenvalue weighted by Crippen LogP contribution is -2.12. The van der Waals surface area contributed by atoms with E-state index in [1.54, 1.807) is 19.4 Å². The van der Waals surface area contributed by atoms with E-state index in [-0.39, 0.29) is 0 Å². The fourth-order valence-corrected chi connectivity index (χ4v) is 1.74. The minimum absolute atomic E-state index is 0.306. The van der Waals surface area contributed by atoms with Crippen LogP contribution in [-0.4, -0.2) is 17.1 Å². The van der Waals surface area contributed by atoms with E-state index in [4.69, 9.17) is 22.7 Å². The van der Waals surface area contributed by atoms with Crippen molar-refractivity contribution in [2.24, 2.45) is 5.73 Å². The second-order valence-corrected chi connectivity index (χ2v) is 4.03. The Balaban J connectivity index is 2.37. The molecule has 0 amide bonds. The molecule has 0 atom stereocenters. The van der Waals surface area contributed by atoms with Crippen LogP contribution >= 0.6 is 12.2 Å². The van der Waals surface area contributed by atoms with Gasteiger partial charge in [0.15, 0.2) is 0 Å². The zero-order valence-electron chi connectivity index (χ0n) is 9.88. The van der Waals surface area contributed by atoms with Gasteiger partial charge in [0.2, 0.25) is 0 Å². The first-order chi connectivity index (χ1) is 8.72. The van der Waals surface area contributed by atoms with Crippen LogP contribution in [0, 0.1) is 0 Å². The van der Waals surface area contributed by atoms with Gasteiger partial charge < -0.3 is 15.8 Å². The summed E-state index contributed by atoms with van der Waals surface area (Å²) in [5.74, 6) is 1.35. The number of hydrogen-bond acceptors (Lipinski definition) is 4. The zero-order valence-corrected chi connectivity index (χ0v) is 10.7. The molecule has 18 heavy (non-hydrogen) atoms. The molecule has 0 saturated heterocycles. The molecule has 0 bridgehead atoms. The van der Waals surface area contributed by atoms with Gasteiger partial charge in [-0.15, -0.1) is 0 Å². The number of anilines is 2. The standard InChI is InChI=1S/C13H13N3OS/c1-17-11-7-3-2-6-10(11)16-13-9(12(14)18)5-4-8-15-13/h2-8H,1H3,(H2,14,18)(H,15,16). The number of hydrogen-bond donors (Lipinski definition) is 2. The second-order valence-electron chi connectivity index (χ2n) is 3.59. The van der Waals surface area contributed by atoms with E-state index in [0.717, 1.165) is 11.4 Å². The molecule has 0 aliphatic carbocycles. The number of ether oxygens (including phenoxy) is 1. The largest absolute Gasteiger partial charge is 0.495 e. The summed E-state index contributed by atoms with van der Waals surface area (Å²) in [6.45, 7) is 0. The van der Waals surface area contributed by atoms with Crippen LogP contribution in [0.1, 0.15) is 5.56 Å². The minimum Gasteiger partial charge on any atom is -0.495 e. The smallest absolute Gasteiger partial charge is 0.142 e. The van der Waals surface area contributed by atoms with Gasteiger partial charge in [-0.2, -0.15) is 0 Å². The summed E-state index contributed by atoms with van der Waals surface area (Å²) in [6.07, 6.45) is 1.68. The highest BCUT2D eigenvalue weighted by Crippen LogP contribution is 2.27. The monoisotopic (exact) mass is 259 g/mol. The van der Waals surface area contributed by atoms with Gasteiger partial charge in [-0.3, -0.25) is 0 Å². The van der Waals surface area contributed by atoms with Gasteiger partial charge in [0.1, 0.15) is 16.6 Å². The van der Waals surface area contributed by atoms with Crippen LogP contribution < -0.4 is 15.8 Å². The Morgan fingerprint density at radius 2 is 2.06 bits per heavy atom. The Hall–Kier alpha value is -2.14. The number of nitrogens with one attached hydrogen (secondary N) is 1. The molecule has 1 aromatic carbocycles. The molecule has 4 nitrogen and oxygen atoms in total. The summed E-state index contributed by atoms with van der Waals surface area (Å²) in [4.78, 5) is 4.54. The lowest BCUT2D eigenvalue weighted by molar-refractivity contribution is 0.417. The molecule has 0 radical (unpaired) electrons. The Morgan fingerprint density at radius 1 is 1.28 bits per heavy atom. The molecule has 0 aliphatic rings. The summed E-state index contributed by atoms with van der Waals surface area (Å²) >= 11 is 4.99. The van der Waals surface area contributed by atoms with Crippen LogP contribution in [0.4, 0.5) is 11.5 Å². The first-order valence-corrected chi connectivity index (χ1v) is 5.78. The van der Waals surface area contributed by atoms with Crippen molar-refractivity contribution >= 4 is 28.7 Å². The lowest BCUT2D eigenvalue weighted by atomic mass is 10.2. The molecular weight excluding hydrogens is 246 g/mol. The van der Waals surface area contributed by atoms with Crippen molar-refractivity contribution in [1.82, 2.24) is 4.98 Å². The normalized spacial score (nSPS) is 9.83. The zero-order chi connectivity index (χ0) is 13.0. The van der Waals surface area contributed by atoms with E-state index in [1.165, 1.54) is 0 Å². The molecule has 0 spiro atoms. The van der Waals surface area contributed by atoms with Crippen molar-refractivity contribution in [3.63, 3.8) is 0 Å². The van der Waals surface area contributed by atoms with Gasteiger partial charge in [0.05, 0.1) is 18.4 Å². The van der Waals surface area contributed by atoms with E-state index in [9.17, 15) is 0 Å². The van der Waals surface area contributed by atoms with Gasteiger partial charge in [-0.25, -0.2) is 4.98 Å². The molecule has 2 aromatic rings. The Morgan fingerprint density at radius 3 is 2.78 bits per heavy atom. The van der Waals surface area contributed by atoms with E-state index in [2.05, 4.69) is 10.3 Å². The predicted molar refractivity (Wildman–Crippen MR) is 76.4 cm³/mol. The molecule has 1 aromatic heterocycles. The topological polar surface area (TPSA) is 60.2 Å². The highest BCUT2D eigenvalue weighted by atomic mass is 32.1. The number of pyridine rings is 1. The molecule has 0 aliphatic heterocycles. The second kappa shape index (κ2) is 5.46. The third-order valence-electron chi connectivity index (χ3n) is 2.43. The van der Waals surface area contributed by atoms with Crippen molar-refractivity contribution in [1.29, 1.82) is 0 Å². The molecule has 1 heterocycles.